The highest BCUT2D eigenvalue weighted by molar-refractivity contribution is 7.99. The van der Waals surface area contributed by atoms with E-state index >= 15 is 0 Å². The second-order valence-electron chi connectivity index (χ2n) is 3.85. The number of rotatable bonds is 3. The van der Waals surface area contributed by atoms with Crippen LogP contribution in [-0.4, -0.2) is 5.75 Å². The van der Waals surface area contributed by atoms with E-state index in [2.05, 4.69) is 13.0 Å². The van der Waals surface area contributed by atoms with Crippen LogP contribution in [0.4, 0.5) is 11.4 Å². The van der Waals surface area contributed by atoms with E-state index in [-0.39, 0.29) is 0 Å². The molecule has 0 bridgehead atoms. The molecule has 0 aromatic heterocycles. The first-order chi connectivity index (χ1) is 8.19. The minimum atomic E-state index is 0.773. The fourth-order valence-corrected chi connectivity index (χ4v) is 2.52. The Hall–Kier alpha value is -1.61. The number of hydrogen-bond acceptors (Lipinski definition) is 3. The van der Waals surface area contributed by atoms with Gasteiger partial charge < -0.3 is 11.5 Å². The predicted molar refractivity (Wildman–Crippen MR) is 77.1 cm³/mol. The molecule has 3 heteroatoms. The highest BCUT2D eigenvalue weighted by Crippen LogP contribution is 2.29. The lowest BCUT2D eigenvalue weighted by Gasteiger charge is -2.07. The fraction of sp³-hybridized carbons (Fsp3) is 0.143. The molecule has 0 aliphatic rings. The molecule has 88 valence electrons. The van der Waals surface area contributed by atoms with Gasteiger partial charge in [0.2, 0.25) is 0 Å². The van der Waals surface area contributed by atoms with E-state index in [1.165, 1.54) is 4.90 Å². The van der Waals surface area contributed by atoms with Crippen LogP contribution in [0.5, 0.6) is 0 Å². The Morgan fingerprint density at radius 1 is 0.941 bits per heavy atom. The van der Waals surface area contributed by atoms with E-state index in [4.69, 9.17) is 11.5 Å². The summed E-state index contributed by atoms with van der Waals surface area (Å²) >= 11 is 1.79. The molecule has 0 aliphatic heterocycles. The van der Waals surface area contributed by atoms with Crippen molar-refractivity contribution in [2.75, 3.05) is 17.2 Å². The molecule has 2 nitrogen and oxygen atoms in total. The first-order valence-electron chi connectivity index (χ1n) is 5.58. The van der Waals surface area contributed by atoms with Gasteiger partial charge in [0.15, 0.2) is 0 Å². The fourth-order valence-electron chi connectivity index (χ4n) is 1.76. The van der Waals surface area contributed by atoms with Crippen LogP contribution >= 0.6 is 11.8 Å². The van der Waals surface area contributed by atoms with E-state index in [0.29, 0.717) is 0 Å². The van der Waals surface area contributed by atoms with E-state index in [1.54, 1.807) is 11.8 Å². The summed E-state index contributed by atoms with van der Waals surface area (Å²) in [5, 5.41) is 0. The summed E-state index contributed by atoms with van der Waals surface area (Å²) in [6.07, 6.45) is 0. The van der Waals surface area contributed by atoms with Crippen molar-refractivity contribution in [3.63, 3.8) is 0 Å². The Balaban J connectivity index is 2.44. The number of anilines is 2. The second-order valence-corrected chi connectivity index (χ2v) is 5.19. The molecular weight excluding hydrogens is 228 g/mol. The third-order valence-electron chi connectivity index (χ3n) is 2.46. The van der Waals surface area contributed by atoms with E-state index in [9.17, 15) is 0 Å². The van der Waals surface area contributed by atoms with Gasteiger partial charge in [-0.25, -0.2) is 0 Å². The summed E-state index contributed by atoms with van der Waals surface area (Å²) in [6, 6.07) is 14.0. The third-order valence-corrected chi connectivity index (χ3v) is 3.32. The van der Waals surface area contributed by atoms with Crippen molar-refractivity contribution >= 4 is 23.1 Å². The van der Waals surface area contributed by atoms with Gasteiger partial charge in [0.25, 0.3) is 0 Å². The Morgan fingerprint density at radius 3 is 2.41 bits per heavy atom. The number of nitrogen functional groups attached to an aromatic ring is 2. The maximum Gasteiger partial charge on any atom is 0.0331 e. The largest absolute Gasteiger partial charge is 0.399 e. The molecule has 0 amide bonds. The van der Waals surface area contributed by atoms with E-state index < -0.39 is 0 Å². The van der Waals surface area contributed by atoms with Crippen LogP contribution in [0, 0.1) is 0 Å². The molecule has 0 unspecified atom stereocenters. The van der Waals surface area contributed by atoms with Gasteiger partial charge in [-0.3, -0.25) is 0 Å². The smallest absolute Gasteiger partial charge is 0.0331 e. The lowest BCUT2D eigenvalue weighted by Crippen LogP contribution is -1.89. The molecule has 2 aromatic carbocycles. The zero-order valence-corrected chi connectivity index (χ0v) is 10.6. The number of benzene rings is 2. The lowest BCUT2D eigenvalue weighted by molar-refractivity contribution is 1.42. The topological polar surface area (TPSA) is 52.0 Å². The number of thioether (sulfide) groups is 1. The predicted octanol–water partition coefficient (Wildman–Crippen LogP) is 3.63. The first kappa shape index (κ1) is 11.9. The minimum absolute atomic E-state index is 0.773. The maximum atomic E-state index is 5.92. The Kier molecular flexibility index (Phi) is 3.59. The Labute approximate surface area is 106 Å². The summed E-state index contributed by atoms with van der Waals surface area (Å²) in [6.45, 7) is 2.13. The van der Waals surface area contributed by atoms with Gasteiger partial charge >= 0.3 is 0 Å². The highest BCUT2D eigenvalue weighted by atomic mass is 32.2. The quantitative estimate of drug-likeness (QED) is 0.640. The molecule has 0 radical (unpaired) electrons. The zero-order valence-electron chi connectivity index (χ0n) is 9.81. The average molecular weight is 244 g/mol. The van der Waals surface area contributed by atoms with Crippen LogP contribution in [0.3, 0.4) is 0 Å². The second kappa shape index (κ2) is 5.15. The van der Waals surface area contributed by atoms with Crippen LogP contribution in [0.15, 0.2) is 47.4 Å². The zero-order chi connectivity index (χ0) is 12.3. The van der Waals surface area contributed by atoms with Gasteiger partial charge in [-0.15, -0.1) is 11.8 Å². The van der Waals surface area contributed by atoms with Gasteiger partial charge in [0, 0.05) is 16.3 Å². The monoisotopic (exact) mass is 244 g/mol. The standard InChI is InChI=1S/C14H16N2S/c1-2-17-14-8-11(7-13(16)9-14)10-4-3-5-12(15)6-10/h3-9H,2,15-16H2,1H3. The van der Waals surface area contributed by atoms with Crippen LogP contribution in [0.2, 0.25) is 0 Å². The summed E-state index contributed by atoms with van der Waals surface area (Å²) in [4.78, 5) is 1.20. The molecule has 0 aliphatic carbocycles. The molecule has 2 rings (SSSR count). The van der Waals surface area contributed by atoms with E-state index in [0.717, 1.165) is 28.3 Å². The third kappa shape index (κ3) is 2.94. The van der Waals surface area contributed by atoms with Crippen molar-refractivity contribution in [1.82, 2.24) is 0 Å². The molecule has 4 N–H and O–H groups in total. The molecule has 2 aromatic rings. The van der Waals surface area contributed by atoms with Crippen molar-refractivity contribution < 1.29 is 0 Å². The van der Waals surface area contributed by atoms with E-state index in [1.807, 2.05) is 36.4 Å². The molecule has 0 spiro atoms. The van der Waals surface area contributed by atoms with Crippen LogP contribution < -0.4 is 11.5 Å². The molecule has 0 heterocycles. The van der Waals surface area contributed by atoms with Crippen molar-refractivity contribution in [3.8, 4) is 11.1 Å². The maximum absolute atomic E-state index is 5.92. The van der Waals surface area contributed by atoms with Gasteiger partial charge in [-0.2, -0.15) is 0 Å². The average Bonchev–Trinajstić information content (AvgIpc) is 2.28. The van der Waals surface area contributed by atoms with Crippen molar-refractivity contribution in [3.05, 3.63) is 42.5 Å². The summed E-state index contributed by atoms with van der Waals surface area (Å²) in [5.41, 5.74) is 15.5. The van der Waals surface area contributed by atoms with Crippen LogP contribution in [0.25, 0.3) is 11.1 Å². The SMILES string of the molecule is CCSc1cc(N)cc(-c2cccc(N)c2)c1. The molecular formula is C14H16N2S. The van der Waals surface area contributed by atoms with Crippen molar-refractivity contribution in [1.29, 1.82) is 0 Å². The number of hydrogen-bond donors (Lipinski definition) is 2. The highest BCUT2D eigenvalue weighted by Gasteiger charge is 2.02. The summed E-state index contributed by atoms with van der Waals surface area (Å²) < 4.78 is 0. The molecule has 0 saturated carbocycles. The Bertz CT molecular complexity index is 523. The van der Waals surface area contributed by atoms with Gasteiger partial charge in [0.05, 0.1) is 0 Å². The molecule has 0 saturated heterocycles. The number of nitrogens with two attached hydrogens (primary N) is 2. The van der Waals surface area contributed by atoms with Crippen LogP contribution in [-0.2, 0) is 0 Å². The van der Waals surface area contributed by atoms with Gasteiger partial charge in [-0.05, 0) is 47.2 Å². The molecule has 17 heavy (non-hydrogen) atoms. The lowest BCUT2D eigenvalue weighted by atomic mass is 10.0. The normalized spacial score (nSPS) is 10.4. The van der Waals surface area contributed by atoms with Crippen molar-refractivity contribution in [2.24, 2.45) is 0 Å². The molecule has 0 atom stereocenters. The van der Waals surface area contributed by atoms with Gasteiger partial charge in [-0.1, -0.05) is 19.1 Å². The summed E-state index contributed by atoms with van der Waals surface area (Å²) in [7, 11) is 0. The van der Waals surface area contributed by atoms with Crippen molar-refractivity contribution in [2.45, 2.75) is 11.8 Å². The minimum Gasteiger partial charge on any atom is -0.399 e. The van der Waals surface area contributed by atoms with Gasteiger partial charge in [0.1, 0.15) is 0 Å². The molecule has 0 fully saturated rings. The first-order valence-corrected chi connectivity index (χ1v) is 6.57. The van der Waals surface area contributed by atoms with Crippen LogP contribution in [0.1, 0.15) is 6.92 Å². The summed E-state index contributed by atoms with van der Waals surface area (Å²) in [5.74, 6) is 1.04. The Morgan fingerprint density at radius 2 is 1.71 bits per heavy atom.